The van der Waals surface area contributed by atoms with Crippen LogP contribution < -0.4 is 10.5 Å². The zero-order valence-corrected chi connectivity index (χ0v) is 22.9. The van der Waals surface area contributed by atoms with Gasteiger partial charge < -0.3 is 9.80 Å². The molecule has 3 aromatic rings. The number of rotatable bonds is 7. The van der Waals surface area contributed by atoms with Gasteiger partial charge in [0, 0.05) is 44.2 Å². The van der Waals surface area contributed by atoms with E-state index >= 15 is 0 Å². The molecule has 1 saturated heterocycles. The second-order valence-electron chi connectivity index (χ2n) is 10.3. The van der Waals surface area contributed by atoms with Gasteiger partial charge >= 0.3 is 0 Å². The highest BCUT2D eigenvalue weighted by Gasteiger charge is 2.28. The number of amides is 1. The Morgan fingerprint density at radius 3 is 2.42 bits per heavy atom. The Morgan fingerprint density at radius 1 is 0.921 bits per heavy atom. The summed E-state index contributed by atoms with van der Waals surface area (Å²) >= 11 is 12.0. The molecule has 0 spiro atoms. The number of carbonyl (C=O) groups excluding carboxylic acids is 2. The fourth-order valence-corrected chi connectivity index (χ4v) is 5.82. The first-order chi connectivity index (χ1) is 18.4. The van der Waals surface area contributed by atoms with Gasteiger partial charge in [-0.1, -0.05) is 48.5 Å². The van der Waals surface area contributed by atoms with Gasteiger partial charge in [0.1, 0.15) is 0 Å². The standard InChI is InChI=1S/C29H32Cl2N4O3/c30-25-10-7-20(16-26(25)31)6-9-23(36)18-35-19-32-27-11-8-22(17-24(27)29(35)38)33-12-14-34(15-13-33)28(37)21-4-2-1-3-5-21/h7-8,10-11,16-17,19,21H,1-6,9,12-15,18H2. The van der Waals surface area contributed by atoms with Crippen molar-refractivity contribution in [2.45, 2.75) is 51.5 Å². The minimum absolute atomic E-state index is 0.0325. The number of aromatic nitrogens is 2. The molecule has 200 valence electrons. The number of ketones is 1. The molecule has 5 rings (SSSR count). The number of fused-ring (bicyclic) bond motifs is 1. The van der Waals surface area contributed by atoms with Crippen LogP contribution in [0.15, 0.2) is 47.5 Å². The number of aryl methyl sites for hydroxylation is 1. The van der Waals surface area contributed by atoms with E-state index in [0.29, 0.717) is 46.4 Å². The van der Waals surface area contributed by atoms with E-state index in [1.807, 2.05) is 29.2 Å². The molecule has 1 aliphatic heterocycles. The summed E-state index contributed by atoms with van der Waals surface area (Å²) in [6.45, 7) is 2.81. The quantitative estimate of drug-likeness (QED) is 0.404. The Morgan fingerprint density at radius 2 is 1.68 bits per heavy atom. The number of nitrogens with zero attached hydrogens (tertiary/aromatic N) is 4. The Hall–Kier alpha value is -2.90. The molecule has 0 N–H and O–H groups in total. The first kappa shape index (κ1) is 26.7. The van der Waals surface area contributed by atoms with Gasteiger partial charge in [0.05, 0.1) is 33.8 Å². The Kier molecular flexibility index (Phi) is 8.34. The lowest BCUT2D eigenvalue weighted by molar-refractivity contribution is -0.136. The molecule has 0 radical (unpaired) electrons. The van der Waals surface area contributed by atoms with E-state index in [1.165, 1.54) is 17.3 Å². The predicted molar refractivity (Wildman–Crippen MR) is 151 cm³/mol. The van der Waals surface area contributed by atoms with Gasteiger partial charge in [0.25, 0.3) is 5.56 Å². The van der Waals surface area contributed by atoms with Crippen LogP contribution in [0.25, 0.3) is 10.9 Å². The Balaban J connectivity index is 1.22. The van der Waals surface area contributed by atoms with E-state index in [-0.39, 0.29) is 30.2 Å². The summed E-state index contributed by atoms with van der Waals surface area (Å²) in [6.07, 6.45) is 7.82. The van der Waals surface area contributed by atoms with Crippen LogP contribution in [0.5, 0.6) is 0 Å². The van der Waals surface area contributed by atoms with E-state index in [1.54, 1.807) is 12.1 Å². The fraction of sp³-hybridized carbons (Fsp3) is 0.448. The van der Waals surface area contributed by atoms with Gasteiger partial charge in [0.2, 0.25) is 5.91 Å². The number of benzene rings is 2. The highest BCUT2D eigenvalue weighted by atomic mass is 35.5. The number of hydrogen-bond acceptors (Lipinski definition) is 5. The lowest BCUT2D eigenvalue weighted by Gasteiger charge is -2.38. The summed E-state index contributed by atoms with van der Waals surface area (Å²) in [7, 11) is 0. The molecule has 1 aromatic heterocycles. The molecule has 0 atom stereocenters. The van der Waals surface area contributed by atoms with Crippen molar-refractivity contribution in [2.75, 3.05) is 31.1 Å². The maximum atomic E-state index is 13.2. The highest BCUT2D eigenvalue weighted by molar-refractivity contribution is 6.42. The summed E-state index contributed by atoms with van der Waals surface area (Å²) < 4.78 is 1.38. The van der Waals surface area contributed by atoms with Gasteiger partial charge in [-0.25, -0.2) is 4.98 Å². The first-order valence-electron chi connectivity index (χ1n) is 13.4. The van der Waals surface area contributed by atoms with Crippen LogP contribution in [0.2, 0.25) is 10.0 Å². The molecule has 1 aliphatic carbocycles. The second-order valence-corrected chi connectivity index (χ2v) is 11.1. The number of halogens is 2. The summed E-state index contributed by atoms with van der Waals surface area (Å²) in [4.78, 5) is 47.4. The van der Waals surface area contributed by atoms with Crippen LogP contribution in [0, 0.1) is 5.92 Å². The SMILES string of the molecule is O=C(CCc1ccc(Cl)c(Cl)c1)Cn1cnc2ccc(N3CCN(C(=O)C4CCCCC4)CC3)cc2c1=O. The maximum absolute atomic E-state index is 13.2. The van der Waals surface area contributed by atoms with E-state index in [9.17, 15) is 14.4 Å². The summed E-state index contributed by atoms with van der Waals surface area (Å²) in [5, 5.41) is 1.42. The number of hydrogen-bond donors (Lipinski definition) is 0. The average molecular weight is 556 g/mol. The van der Waals surface area contributed by atoms with Crippen molar-refractivity contribution in [3.63, 3.8) is 0 Å². The molecule has 7 nitrogen and oxygen atoms in total. The monoisotopic (exact) mass is 554 g/mol. The third-order valence-electron chi connectivity index (χ3n) is 7.74. The molecular weight excluding hydrogens is 523 g/mol. The average Bonchev–Trinajstić information content (AvgIpc) is 2.95. The number of anilines is 1. The van der Waals surface area contributed by atoms with Crippen LogP contribution in [-0.2, 0) is 22.6 Å². The topological polar surface area (TPSA) is 75.5 Å². The normalized spacial score (nSPS) is 16.7. The number of carbonyl (C=O) groups is 2. The largest absolute Gasteiger partial charge is 0.368 e. The van der Waals surface area contributed by atoms with Crippen molar-refractivity contribution in [2.24, 2.45) is 5.92 Å². The van der Waals surface area contributed by atoms with Crippen molar-refractivity contribution in [3.8, 4) is 0 Å². The van der Waals surface area contributed by atoms with Gasteiger partial charge in [-0.15, -0.1) is 0 Å². The smallest absolute Gasteiger partial charge is 0.261 e. The summed E-state index contributed by atoms with van der Waals surface area (Å²) in [5.41, 5.74) is 2.22. The van der Waals surface area contributed by atoms with Crippen LogP contribution in [0.1, 0.15) is 44.1 Å². The highest BCUT2D eigenvalue weighted by Crippen LogP contribution is 2.27. The molecule has 2 aromatic carbocycles. The fourth-order valence-electron chi connectivity index (χ4n) is 5.50. The second kappa shape index (κ2) is 11.9. The first-order valence-corrected chi connectivity index (χ1v) is 14.1. The Bertz CT molecular complexity index is 1390. The summed E-state index contributed by atoms with van der Waals surface area (Å²) in [5.74, 6) is 0.431. The van der Waals surface area contributed by atoms with Crippen LogP contribution in [-0.4, -0.2) is 52.3 Å². The molecule has 0 unspecified atom stereocenters. The van der Waals surface area contributed by atoms with E-state index in [2.05, 4.69) is 9.88 Å². The van der Waals surface area contributed by atoms with E-state index < -0.39 is 0 Å². The zero-order chi connectivity index (χ0) is 26.6. The molecule has 1 amide bonds. The van der Waals surface area contributed by atoms with E-state index in [4.69, 9.17) is 23.2 Å². The Labute approximate surface area is 232 Å². The van der Waals surface area contributed by atoms with Crippen molar-refractivity contribution >= 4 is 51.5 Å². The zero-order valence-electron chi connectivity index (χ0n) is 21.4. The minimum Gasteiger partial charge on any atom is -0.368 e. The molecule has 38 heavy (non-hydrogen) atoms. The molecular formula is C29H32Cl2N4O3. The van der Waals surface area contributed by atoms with Gasteiger partial charge in [-0.05, 0) is 55.2 Å². The molecule has 9 heteroatoms. The molecule has 2 aliphatic rings. The van der Waals surface area contributed by atoms with Crippen molar-refractivity contribution in [1.82, 2.24) is 14.5 Å². The van der Waals surface area contributed by atoms with Crippen LogP contribution >= 0.6 is 23.2 Å². The van der Waals surface area contributed by atoms with Crippen molar-refractivity contribution in [3.05, 3.63) is 68.7 Å². The van der Waals surface area contributed by atoms with Gasteiger partial charge in [-0.3, -0.25) is 19.0 Å². The summed E-state index contributed by atoms with van der Waals surface area (Å²) in [6, 6.07) is 11.0. The maximum Gasteiger partial charge on any atom is 0.261 e. The molecule has 1 saturated carbocycles. The van der Waals surface area contributed by atoms with E-state index in [0.717, 1.165) is 50.0 Å². The molecule has 0 bridgehead atoms. The van der Waals surface area contributed by atoms with Crippen molar-refractivity contribution < 1.29 is 9.59 Å². The minimum atomic E-state index is -0.231. The molecule has 2 heterocycles. The van der Waals surface area contributed by atoms with Crippen molar-refractivity contribution in [1.29, 1.82) is 0 Å². The third kappa shape index (κ3) is 6.05. The number of Topliss-reactive ketones (excluding diaryl/α,β-unsaturated/α-hetero) is 1. The third-order valence-corrected chi connectivity index (χ3v) is 8.48. The number of piperazine rings is 1. The predicted octanol–water partition coefficient (Wildman–Crippen LogP) is 5.13. The lowest BCUT2D eigenvalue weighted by Crippen LogP contribution is -2.50. The van der Waals surface area contributed by atoms with Crippen LogP contribution in [0.3, 0.4) is 0 Å². The van der Waals surface area contributed by atoms with Gasteiger partial charge in [0.15, 0.2) is 5.78 Å². The lowest BCUT2D eigenvalue weighted by atomic mass is 9.88. The van der Waals surface area contributed by atoms with Crippen LogP contribution in [0.4, 0.5) is 5.69 Å². The molecule has 2 fully saturated rings. The van der Waals surface area contributed by atoms with Gasteiger partial charge in [-0.2, -0.15) is 0 Å².